The van der Waals surface area contributed by atoms with Crippen LogP contribution >= 0.6 is 22.4 Å². The predicted octanol–water partition coefficient (Wildman–Crippen LogP) is -1.82. The van der Waals surface area contributed by atoms with Gasteiger partial charge in [-0.15, -0.1) is 0 Å². The zero-order chi connectivity index (χ0) is 11.6. The summed E-state index contributed by atoms with van der Waals surface area (Å²) in [5.74, 6) is 0. The Morgan fingerprint density at radius 1 is 1.14 bits per heavy atom. The molecule has 0 aliphatic carbocycles. The molecule has 0 heterocycles. The van der Waals surface area contributed by atoms with E-state index < -0.39 is 22.4 Å². The molecule has 0 aromatic rings. The molecule has 0 rings (SSSR count). The Morgan fingerprint density at radius 2 is 1.57 bits per heavy atom. The maximum Gasteiger partial charge on any atom is 0.279 e. The summed E-state index contributed by atoms with van der Waals surface area (Å²) in [5.41, 5.74) is 0. The fourth-order valence-corrected chi connectivity index (χ4v) is 3.68. The average molecular weight is 285 g/mol. The Balaban J connectivity index is 4.60. The van der Waals surface area contributed by atoms with Gasteiger partial charge in [0.2, 0.25) is 0 Å². The van der Waals surface area contributed by atoms with E-state index in [1.807, 2.05) is 0 Å². The molecule has 0 saturated carbocycles. The summed E-state index contributed by atoms with van der Waals surface area (Å²) in [4.78, 5) is 39.5. The number of hydrogen-bond donors (Lipinski definition) is 1. The largest absolute Gasteiger partial charge is 0.780 e. The first-order valence-corrected chi connectivity index (χ1v) is 8.13. The van der Waals surface area contributed by atoms with Gasteiger partial charge in [-0.2, -0.15) is 0 Å². The van der Waals surface area contributed by atoms with Gasteiger partial charge in [-0.3, -0.25) is 13.4 Å². The first kappa shape index (κ1) is 14.8. The highest BCUT2D eigenvalue weighted by atomic mass is 32.5. The molecule has 3 atom stereocenters. The third-order valence-electron chi connectivity index (χ3n) is 0.627. The molecule has 0 spiro atoms. The van der Waals surface area contributed by atoms with Gasteiger partial charge < -0.3 is 24.1 Å². The summed E-state index contributed by atoms with van der Waals surface area (Å²) in [6.07, 6.45) is 0. The van der Waals surface area contributed by atoms with Crippen molar-refractivity contribution >= 4 is 34.2 Å². The van der Waals surface area contributed by atoms with Gasteiger partial charge in [-0.1, -0.05) is 11.8 Å². The average Bonchev–Trinajstić information content (AvgIpc) is 1.78. The van der Waals surface area contributed by atoms with Crippen LogP contribution in [0.5, 0.6) is 0 Å². The Hall–Kier alpha value is 0.830. The van der Waals surface area contributed by atoms with Crippen LogP contribution in [0.4, 0.5) is 0 Å². The van der Waals surface area contributed by atoms with E-state index in [0.717, 1.165) is 0 Å². The van der Waals surface area contributed by atoms with Gasteiger partial charge in [-0.25, -0.2) is 4.31 Å². The molecule has 0 radical (unpaired) electrons. The highest BCUT2D eigenvalue weighted by Crippen LogP contribution is 2.61. The number of hydrogen-bond acceptors (Lipinski definition) is 9. The van der Waals surface area contributed by atoms with Crippen LogP contribution in [0.2, 0.25) is 0 Å². The van der Waals surface area contributed by atoms with Crippen LogP contribution < -0.4 is 14.7 Å². The first-order valence-electron chi connectivity index (χ1n) is 2.62. The van der Waals surface area contributed by atoms with Crippen molar-refractivity contribution in [2.45, 2.75) is 0 Å². The molecule has 13 heteroatoms. The normalized spacial score (nSPS) is 24.6. The van der Waals surface area contributed by atoms with E-state index in [1.165, 1.54) is 0 Å². The van der Waals surface area contributed by atoms with Crippen molar-refractivity contribution in [1.29, 1.82) is 0 Å². The van der Waals surface area contributed by atoms with Crippen LogP contribution in [0.3, 0.4) is 0 Å². The lowest BCUT2D eigenvalue weighted by molar-refractivity contribution is -0.244. The van der Waals surface area contributed by atoms with Gasteiger partial charge in [0.15, 0.2) is 0 Å². The molecule has 0 aromatic heterocycles. The van der Waals surface area contributed by atoms with E-state index in [2.05, 4.69) is 25.0 Å². The molecular weight excluding hydrogens is 281 g/mol. The van der Waals surface area contributed by atoms with Crippen LogP contribution in [0.15, 0.2) is 0 Å². The molecule has 9 nitrogen and oxygen atoms in total. The van der Waals surface area contributed by atoms with Gasteiger partial charge >= 0.3 is 0 Å². The van der Waals surface area contributed by atoms with Crippen molar-refractivity contribution in [3.05, 3.63) is 0 Å². The second kappa shape index (κ2) is 4.78. The van der Waals surface area contributed by atoms with Crippen molar-refractivity contribution in [2.24, 2.45) is 0 Å². The molecule has 0 aromatic carbocycles. The lowest BCUT2D eigenvalue weighted by Crippen LogP contribution is -2.14. The minimum Gasteiger partial charge on any atom is -0.780 e. The zero-order valence-corrected chi connectivity index (χ0v) is 9.96. The monoisotopic (exact) mass is 285 g/mol. The van der Waals surface area contributed by atoms with Gasteiger partial charge in [0, 0.05) is 7.11 Å². The number of phosphoric ester groups is 1. The highest BCUT2D eigenvalue weighted by Gasteiger charge is 2.21. The van der Waals surface area contributed by atoms with E-state index in [4.69, 9.17) is 4.89 Å². The fourth-order valence-electron chi connectivity index (χ4n) is 0.297. The first-order chi connectivity index (χ1) is 5.97. The maximum absolute atomic E-state index is 10.6. The standard InChI is InChI=1S/CH7O9P3S/c1-8-11(2,3)9-12(4,5)10-13(6,7)14/h1H3,(H,2,3)(H,4,5)(H2,6,7,14)/p-3. The lowest BCUT2D eigenvalue weighted by Gasteiger charge is -2.33. The molecule has 0 saturated heterocycles. The summed E-state index contributed by atoms with van der Waals surface area (Å²) >= 11 is 3.66. The van der Waals surface area contributed by atoms with Gasteiger partial charge in [0.1, 0.15) is 6.72 Å². The van der Waals surface area contributed by atoms with E-state index in [1.54, 1.807) is 0 Å². The van der Waals surface area contributed by atoms with Crippen molar-refractivity contribution in [2.75, 3.05) is 7.11 Å². The smallest absolute Gasteiger partial charge is 0.279 e. The third-order valence-corrected chi connectivity index (χ3v) is 4.90. The van der Waals surface area contributed by atoms with E-state index in [-0.39, 0.29) is 0 Å². The van der Waals surface area contributed by atoms with Crippen molar-refractivity contribution in [3.63, 3.8) is 0 Å². The van der Waals surface area contributed by atoms with Crippen LogP contribution in [0.25, 0.3) is 0 Å². The van der Waals surface area contributed by atoms with E-state index >= 15 is 0 Å². The van der Waals surface area contributed by atoms with E-state index in [0.29, 0.717) is 7.11 Å². The summed E-state index contributed by atoms with van der Waals surface area (Å²) in [7, 11) is -10.0. The molecule has 0 amide bonds. The minimum absolute atomic E-state index is 0.625. The highest BCUT2D eigenvalue weighted by molar-refractivity contribution is 8.07. The molecule has 0 fully saturated rings. The van der Waals surface area contributed by atoms with Crippen molar-refractivity contribution in [1.82, 2.24) is 0 Å². The molecule has 1 N–H and O–H groups in total. The Kier molecular flexibility index (Phi) is 5.06. The zero-order valence-electron chi connectivity index (χ0n) is 6.46. The Bertz CT molecular complexity index is 329. The SMILES string of the molecule is COP(=O)([O-])OP(=O)([O-])OP([O-])(O)=S. The summed E-state index contributed by atoms with van der Waals surface area (Å²) in [5, 5.41) is 0. The molecule has 0 aliphatic rings. The Labute approximate surface area is 83.7 Å². The molecule has 14 heavy (non-hydrogen) atoms. The van der Waals surface area contributed by atoms with Crippen molar-refractivity contribution < 1.29 is 41.8 Å². The van der Waals surface area contributed by atoms with Crippen molar-refractivity contribution in [3.8, 4) is 0 Å². The summed E-state index contributed by atoms with van der Waals surface area (Å²) in [6.45, 7) is -4.82. The van der Waals surface area contributed by atoms with E-state index in [9.17, 15) is 23.8 Å². The number of rotatable bonds is 5. The van der Waals surface area contributed by atoms with Crippen LogP contribution in [0, 0.1) is 0 Å². The van der Waals surface area contributed by atoms with Gasteiger partial charge in [0.25, 0.3) is 15.6 Å². The molecule has 86 valence electrons. The summed E-state index contributed by atoms with van der Waals surface area (Å²) in [6, 6.07) is 0. The van der Waals surface area contributed by atoms with Crippen LogP contribution in [0.1, 0.15) is 0 Å². The molecule has 3 unspecified atom stereocenters. The molecule has 0 aliphatic heterocycles. The van der Waals surface area contributed by atoms with Crippen LogP contribution in [-0.2, 0) is 34.1 Å². The molecular formula is CH4O9P3S-3. The van der Waals surface area contributed by atoms with Gasteiger partial charge in [0.05, 0.1) is 0 Å². The lowest BCUT2D eigenvalue weighted by atomic mass is 11.8. The maximum atomic E-state index is 10.6. The quantitative estimate of drug-likeness (QED) is 0.571. The topological polar surface area (TPSA) is 151 Å². The van der Waals surface area contributed by atoms with Gasteiger partial charge in [-0.05, 0) is 0 Å². The minimum atomic E-state index is -5.52. The number of phosphoric acid groups is 2. The predicted molar refractivity (Wildman–Crippen MR) is 40.9 cm³/mol. The fraction of sp³-hybridized carbons (Fsp3) is 1.00. The summed E-state index contributed by atoms with van der Waals surface area (Å²) < 4.78 is 31.2. The van der Waals surface area contributed by atoms with Crippen LogP contribution in [-0.4, -0.2) is 12.0 Å². The second-order valence-corrected chi connectivity index (χ2v) is 7.49. The Morgan fingerprint density at radius 3 is 1.86 bits per heavy atom. The second-order valence-electron chi connectivity index (χ2n) is 1.71. The third kappa shape index (κ3) is 7.17. The molecule has 0 bridgehead atoms.